The minimum Gasteiger partial charge on any atom is -0.493 e. The summed E-state index contributed by atoms with van der Waals surface area (Å²) in [7, 11) is 0. The first kappa shape index (κ1) is 18.8. The van der Waals surface area contributed by atoms with Crippen LogP contribution in [0, 0.1) is 5.82 Å². The summed E-state index contributed by atoms with van der Waals surface area (Å²) in [5.41, 5.74) is 1.01. The Bertz CT molecular complexity index is 652. The molecule has 1 amide bonds. The first-order valence-corrected chi connectivity index (χ1v) is 9.55. The van der Waals surface area contributed by atoms with Gasteiger partial charge in [0.2, 0.25) is 5.91 Å². The summed E-state index contributed by atoms with van der Waals surface area (Å²) in [6.45, 7) is 1.11. The topological polar surface area (TPSA) is 38.3 Å². The van der Waals surface area contributed by atoms with Crippen molar-refractivity contribution in [2.75, 3.05) is 24.7 Å². The molecule has 0 aromatic heterocycles. The van der Waals surface area contributed by atoms with E-state index >= 15 is 0 Å². The zero-order valence-electron chi connectivity index (χ0n) is 13.1. The largest absolute Gasteiger partial charge is 0.493 e. The van der Waals surface area contributed by atoms with Crippen LogP contribution < -0.4 is 10.1 Å². The van der Waals surface area contributed by atoms with Gasteiger partial charge in [0.05, 0.1) is 12.4 Å². The Morgan fingerprint density at radius 3 is 2.75 bits per heavy atom. The number of carbonyl (C=O) groups excluding carboxylic acids is 1. The highest BCUT2D eigenvalue weighted by atomic mass is 79.9. The maximum Gasteiger partial charge on any atom is 0.230 e. The highest BCUT2D eigenvalue weighted by molar-refractivity contribution is 9.10. The van der Waals surface area contributed by atoms with Crippen LogP contribution in [0.5, 0.6) is 5.75 Å². The first-order chi connectivity index (χ1) is 11.6. The molecule has 2 aromatic carbocycles. The van der Waals surface area contributed by atoms with E-state index in [4.69, 9.17) is 4.74 Å². The van der Waals surface area contributed by atoms with Crippen LogP contribution in [0.4, 0.5) is 4.39 Å². The molecule has 0 saturated carbocycles. The van der Waals surface area contributed by atoms with Gasteiger partial charge in [0, 0.05) is 16.8 Å². The quantitative estimate of drug-likeness (QED) is 0.632. The molecule has 0 bridgehead atoms. The molecule has 0 aliphatic heterocycles. The summed E-state index contributed by atoms with van der Waals surface area (Å²) in [6.07, 6.45) is 0.697. The van der Waals surface area contributed by atoms with Crippen molar-refractivity contribution in [1.29, 1.82) is 0 Å². The lowest BCUT2D eigenvalue weighted by Gasteiger charge is -2.07. The maximum atomic E-state index is 12.8. The van der Waals surface area contributed by atoms with Crippen molar-refractivity contribution < 1.29 is 13.9 Å². The number of thioether (sulfide) groups is 1. The van der Waals surface area contributed by atoms with Crippen molar-refractivity contribution in [2.45, 2.75) is 6.42 Å². The van der Waals surface area contributed by atoms with Crippen LogP contribution >= 0.6 is 27.7 Å². The minimum absolute atomic E-state index is 0.00423. The Hall–Kier alpha value is -1.53. The van der Waals surface area contributed by atoms with Gasteiger partial charge in [-0.3, -0.25) is 4.79 Å². The zero-order chi connectivity index (χ0) is 17.2. The SMILES string of the molecule is O=C(CSCCOc1cccc(Br)c1)NCCc1ccc(F)cc1. The number of rotatable bonds is 9. The summed E-state index contributed by atoms with van der Waals surface area (Å²) < 4.78 is 19.4. The zero-order valence-corrected chi connectivity index (χ0v) is 15.5. The van der Waals surface area contributed by atoms with Gasteiger partial charge >= 0.3 is 0 Å². The van der Waals surface area contributed by atoms with Crippen molar-refractivity contribution in [3.05, 3.63) is 64.4 Å². The van der Waals surface area contributed by atoms with Crippen molar-refractivity contribution in [1.82, 2.24) is 5.32 Å². The summed E-state index contributed by atoms with van der Waals surface area (Å²) in [4.78, 5) is 11.7. The summed E-state index contributed by atoms with van der Waals surface area (Å²) in [5.74, 6) is 1.73. The van der Waals surface area contributed by atoms with Gasteiger partial charge in [0.1, 0.15) is 11.6 Å². The second kappa shape index (κ2) is 10.4. The van der Waals surface area contributed by atoms with E-state index in [1.54, 1.807) is 12.1 Å². The third kappa shape index (κ3) is 7.36. The van der Waals surface area contributed by atoms with Gasteiger partial charge in [0.15, 0.2) is 0 Å². The Morgan fingerprint density at radius 1 is 1.21 bits per heavy atom. The fourth-order valence-electron chi connectivity index (χ4n) is 1.99. The number of ether oxygens (including phenoxy) is 1. The molecule has 0 atom stereocenters. The van der Waals surface area contributed by atoms with Crippen LogP contribution in [0.1, 0.15) is 5.56 Å². The standard InChI is InChI=1S/C18H19BrFNO2S/c19-15-2-1-3-17(12-15)23-10-11-24-13-18(22)21-9-8-14-4-6-16(20)7-5-14/h1-7,12H,8-11,13H2,(H,21,22). The number of amides is 1. The number of nitrogens with one attached hydrogen (secondary N) is 1. The Morgan fingerprint density at radius 2 is 2.00 bits per heavy atom. The van der Waals surface area contributed by atoms with E-state index in [1.807, 2.05) is 24.3 Å². The molecule has 1 N–H and O–H groups in total. The van der Waals surface area contributed by atoms with E-state index in [0.717, 1.165) is 21.5 Å². The molecule has 24 heavy (non-hydrogen) atoms. The first-order valence-electron chi connectivity index (χ1n) is 7.61. The fraction of sp³-hybridized carbons (Fsp3) is 0.278. The molecule has 0 radical (unpaired) electrons. The van der Waals surface area contributed by atoms with E-state index in [2.05, 4.69) is 21.2 Å². The summed E-state index contributed by atoms with van der Waals surface area (Å²) >= 11 is 4.93. The van der Waals surface area contributed by atoms with Crippen LogP contribution in [0.3, 0.4) is 0 Å². The summed E-state index contributed by atoms with van der Waals surface area (Å²) in [5, 5.41) is 2.86. The lowest BCUT2D eigenvalue weighted by molar-refractivity contribution is -0.118. The second-order valence-electron chi connectivity index (χ2n) is 5.08. The smallest absolute Gasteiger partial charge is 0.230 e. The predicted octanol–water partition coefficient (Wildman–Crippen LogP) is 4.06. The third-order valence-corrected chi connectivity index (χ3v) is 4.59. The summed E-state index contributed by atoms with van der Waals surface area (Å²) in [6, 6.07) is 14.0. The van der Waals surface area contributed by atoms with E-state index < -0.39 is 0 Å². The Kier molecular flexibility index (Phi) is 8.12. The number of hydrogen-bond donors (Lipinski definition) is 1. The second-order valence-corrected chi connectivity index (χ2v) is 7.11. The normalized spacial score (nSPS) is 10.4. The van der Waals surface area contributed by atoms with Gasteiger partial charge in [-0.15, -0.1) is 11.8 Å². The number of carbonyl (C=O) groups is 1. The molecule has 0 aliphatic carbocycles. The van der Waals surface area contributed by atoms with E-state index in [0.29, 0.717) is 25.3 Å². The monoisotopic (exact) mass is 411 g/mol. The van der Waals surface area contributed by atoms with Crippen LogP contribution in [0.15, 0.2) is 53.0 Å². The fourth-order valence-corrected chi connectivity index (χ4v) is 3.00. The van der Waals surface area contributed by atoms with Crippen molar-refractivity contribution in [2.24, 2.45) is 0 Å². The number of hydrogen-bond acceptors (Lipinski definition) is 3. The van der Waals surface area contributed by atoms with Crippen molar-refractivity contribution >= 4 is 33.6 Å². The molecule has 0 heterocycles. The molecule has 128 valence electrons. The molecular formula is C18H19BrFNO2S. The Labute approximate surface area is 154 Å². The van der Waals surface area contributed by atoms with Gasteiger partial charge in [-0.05, 0) is 42.3 Å². The minimum atomic E-state index is -0.246. The number of benzene rings is 2. The van der Waals surface area contributed by atoms with Gasteiger partial charge in [0.25, 0.3) is 0 Å². The molecule has 0 unspecified atom stereocenters. The predicted molar refractivity (Wildman–Crippen MR) is 100 cm³/mol. The van der Waals surface area contributed by atoms with E-state index in [1.165, 1.54) is 23.9 Å². The van der Waals surface area contributed by atoms with Gasteiger partial charge < -0.3 is 10.1 Å². The van der Waals surface area contributed by atoms with E-state index in [-0.39, 0.29) is 11.7 Å². The molecule has 0 saturated heterocycles. The lowest BCUT2D eigenvalue weighted by atomic mass is 10.1. The third-order valence-electron chi connectivity index (χ3n) is 3.17. The van der Waals surface area contributed by atoms with E-state index in [9.17, 15) is 9.18 Å². The molecule has 6 heteroatoms. The van der Waals surface area contributed by atoms with Crippen LogP contribution in [-0.2, 0) is 11.2 Å². The molecule has 0 aliphatic rings. The molecular weight excluding hydrogens is 393 g/mol. The van der Waals surface area contributed by atoms with Crippen molar-refractivity contribution in [3.8, 4) is 5.75 Å². The average molecular weight is 412 g/mol. The maximum absolute atomic E-state index is 12.8. The molecule has 0 spiro atoms. The molecule has 0 fully saturated rings. The van der Waals surface area contributed by atoms with Gasteiger partial charge in [-0.1, -0.05) is 34.1 Å². The highest BCUT2D eigenvalue weighted by Gasteiger charge is 2.02. The molecule has 2 rings (SSSR count). The highest BCUT2D eigenvalue weighted by Crippen LogP contribution is 2.17. The van der Waals surface area contributed by atoms with Crippen LogP contribution in [0.25, 0.3) is 0 Å². The number of halogens is 2. The Balaban J connectivity index is 1.52. The van der Waals surface area contributed by atoms with Gasteiger partial charge in [-0.2, -0.15) is 0 Å². The molecule has 2 aromatic rings. The van der Waals surface area contributed by atoms with Crippen LogP contribution in [0.2, 0.25) is 0 Å². The lowest BCUT2D eigenvalue weighted by Crippen LogP contribution is -2.27. The van der Waals surface area contributed by atoms with Crippen LogP contribution in [-0.4, -0.2) is 30.6 Å². The average Bonchev–Trinajstić information content (AvgIpc) is 2.56. The van der Waals surface area contributed by atoms with Crippen molar-refractivity contribution in [3.63, 3.8) is 0 Å². The molecule has 3 nitrogen and oxygen atoms in total. The van der Waals surface area contributed by atoms with Gasteiger partial charge in [-0.25, -0.2) is 4.39 Å².